The summed E-state index contributed by atoms with van der Waals surface area (Å²) in [7, 11) is 3.23. The van der Waals surface area contributed by atoms with Crippen molar-refractivity contribution >= 4 is 39.2 Å². The van der Waals surface area contributed by atoms with Gasteiger partial charge in [0.2, 0.25) is 5.91 Å². The molecule has 0 saturated heterocycles. The van der Waals surface area contributed by atoms with E-state index < -0.39 is 0 Å². The first-order valence-corrected chi connectivity index (χ1v) is 11.1. The molecule has 2 heterocycles. The number of amides is 1. The number of carbonyl (C=O) groups excluding carboxylic acids is 1. The SMILES string of the molecule is COc1ccc(CCNC(=O)CSc2nc(C)nc3sc(C)c(C)c23)cc1OC. The molecule has 0 unspecified atom stereocenters. The molecule has 6 nitrogen and oxygen atoms in total. The molecule has 2 aromatic heterocycles. The number of methoxy groups -OCH3 is 2. The summed E-state index contributed by atoms with van der Waals surface area (Å²) < 4.78 is 10.6. The fourth-order valence-corrected chi connectivity index (χ4v) is 5.09. The van der Waals surface area contributed by atoms with E-state index >= 15 is 0 Å². The van der Waals surface area contributed by atoms with Gasteiger partial charge < -0.3 is 14.8 Å². The number of nitrogens with zero attached hydrogens (tertiary/aromatic N) is 2. The van der Waals surface area contributed by atoms with Crippen molar-refractivity contribution in [2.24, 2.45) is 0 Å². The van der Waals surface area contributed by atoms with E-state index in [1.807, 2.05) is 25.1 Å². The summed E-state index contributed by atoms with van der Waals surface area (Å²) in [6.45, 7) is 6.62. The zero-order chi connectivity index (χ0) is 21.0. The summed E-state index contributed by atoms with van der Waals surface area (Å²) in [5.41, 5.74) is 2.27. The molecular weight excluding hydrogens is 406 g/mol. The first kappa shape index (κ1) is 21.4. The summed E-state index contributed by atoms with van der Waals surface area (Å²) in [6, 6.07) is 5.78. The summed E-state index contributed by atoms with van der Waals surface area (Å²) >= 11 is 3.14. The van der Waals surface area contributed by atoms with Gasteiger partial charge in [-0.15, -0.1) is 11.3 Å². The highest BCUT2D eigenvalue weighted by Crippen LogP contribution is 2.35. The highest BCUT2D eigenvalue weighted by Gasteiger charge is 2.15. The Morgan fingerprint density at radius 1 is 1.14 bits per heavy atom. The van der Waals surface area contributed by atoms with Crippen LogP contribution in [0.25, 0.3) is 10.2 Å². The zero-order valence-electron chi connectivity index (χ0n) is 17.3. The van der Waals surface area contributed by atoms with E-state index in [9.17, 15) is 4.79 Å². The molecule has 1 amide bonds. The lowest BCUT2D eigenvalue weighted by molar-refractivity contribution is -0.118. The molecule has 3 aromatic rings. The number of thioether (sulfide) groups is 1. The van der Waals surface area contributed by atoms with Gasteiger partial charge in [-0.05, 0) is 50.5 Å². The minimum absolute atomic E-state index is 0.00973. The third-order valence-electron chi connectivity index (χ3n) is 4.63. The Balaban J connectivity index is 1.56. The van der Waals surface area contributed by atoms with Crippen LogP contribution in [-0.4, -0.2) is 42.4 Å². The number of aromatic nitrogens is 2. The summed E-state index contributed by atoms with van der Waals surface area (Å²) in [4.78, 5) is 23.6. The molecule has 154 valence electrons. The summed E-state index contributed by atoms with van der Waals surface area (Å²) in [5.74, 6) is 2.43. The standard InChI is InChI=1S/C21H25N3O3S2/c1-12-13(2)29-21-19(12)20(23-14(3)24-21)28-11-18(25)22-9-8-15-6-7-16(26-4)17(10-15)27-5/h6-7,10H,8-9,11H2,1-5H3,(H,22,25). The first-order valence-electron chi connectivity index (χ1n) is 9.27. The van der Waals surface area contributed by atoms with Crippen LogP contribution < -0.4 is 14.8 Å². The lowest BCUT2D eigenvalue weighted by Gasteiger charge is -2.10. The number of rotatable bonds is 8. The predicted octanol–water partition coefficient (Wildman–Crippen LogP) is 4.08. The van der Waals surface area contributed by atoms with Gasteiger partial charge in [0.1, 0.15) is 15.7 Å². The number of ether oxygens (including phenoxy) is 2. The van der Waals surface area contributed by atoms with E-state index in [0.29, 0.717) is 23.8 Å². The molecule has 0 spiro atoms. The van der Waals surface area contributed by atoms with Gasteiger partial charge in [0.05, 0.1) is 20.0 Å². The van der Waals surface area contributed by atoms with Gasteiger partial charge in [0.25, 0.3) is 0 Å². The molecular formula is C21H25N3O3S2. The number of aryl methyl sites for hydroxylation is 3. The second kappa shape index (κ2) is 9.45. The van der Waals surface area contributed by atoms with Crippen molar-refractivity contribution in [2.45, 2.75) is 32.2 Å². The van der Waals surface area contributed by atoms with Gasteiger partial charge in [0.15, 0.2) is 11.5 Å². The van der Waals surface area contributed by atoms with E-state index in [2.05, 4.69) is 29.1 Å². The van der Waals surface area contributed by atoms with Crippen molar-refractivity contribution in [3.63, 3.8) is 0 Å². The Hall–Kier alpha value is -2.32. The van der Waals surface area contributed by atoms with Crippen LogP contribution in [0.5, 0.6) is 11.5 Å². The van der Waals surface area contributed by atoms with Gasteiger partial charge in [0, 0.05) is 16.8 Å². The molecule has 29 heavy (non-hydrogen) atoms. The first-order chi connectivity index (χ1) is 13.9. The fraction of sp³-hybridized carbons (Fsp3) is 0.381. The van der Waals surface area contributed by atoms with Crippen LogP contribution in [0.4, 0.5) is 0 Å². The molecule has 0 bridgehead atoms. The molecule has 0 atom stereocenters. The smallest absolute Gasteiger partial charge is 0.230 e. The maximum atomic E-state index is 12.3. The molecule has 0 aliphatic carbocycles. The molecule has 0 radical (unpaired) electrons. The van der Waals surface area contributed by atoms with E-state index in [4.69, 9.17) is 9.47 Å². The highest BCUT2D eigenvalue weighted by atomic mass is 32.2. The Kier molecular flexibility index (Phi) is 6.97. The second-order valence-electron chi connectivity index (χ2n) is 6.62. The third kappa shape index (κ3) is 5.00. The fourth-order valence-electron chi connectivity index (χ4n) is 2.99. The van der Waals surface area contributed by atoms with E-state index in [1.54, 1.807) is 25.6 Å². The number of hydrogen-bond acceptors (Lipinski definition) is 7. The average Bonchev–Trinajstić information content (AvgIpc) is 2.99. The largest absolute Gasteiger partial charge is 0.493 e. The van der Waals surface area contributed by atoms with Gasteiger partial charge in [-0.25, -0.2) is 9.97 Å². The Labute approximate surface area is 179 Å². The van der Waals surface area contributed by atoms with E-state index in [-0.39, 0.29) is 5.91 Å². The maximum absolute atomic E-state index is 12.3. The Morgan fingerprint density at radius 3 is 2.62 bits per heavy atom. The lowest BCUT2D eigenvalue weighted by Crippen LogP contribution is -2.27. The van der Waals surface area contributed by atoms with Crippen LogP contribution in [0, 0.1) is 20.8 Å². The average molecular weight is 432 g/mol. The van der Waals surface area contributed by atoms with Crippen LogP contribution in [0.2, 0.25) is 0 Å². The van der Waals surface area contributed by atoms with Gasteiger partial charge in [-0.3, -0.25) is 4.79 Å². The Morgan fingerprint density at radius 2 is 1.90 bits per heavy atom. The van der Waals surface area contributed by atoms with Crippen molar-refractivity contribution in [3.8, 4) is 11.5 Å². The molecule has 0 aliphatic rings. The second-order valence-corrected chi connectivity index (χ2v) is 8.78. The summed E-state index contributed by atoms with van der Waals surface area (Å²) in [5, 5.41) is 4.93. The molecule has 0 aliphatic heterocycles. The van der Waals surface area contributed by atoms with Crippen LogP contribution in [-0.2, 0) is 11.2 Å². The molecule has 8 heteroatoms. The highest BCUT2D eigenvalue weighted by molar-refractivity contribution is 8.00. The van der Waals surface area contributed by atoms with Crippen molar-refractivity contribution in [2.75, 3.05) is 26.5 Å². The predicted molar refractivity (Wildman–Crippen MR) is 119 cm³/mol. The van der Waals surface area contributed by atoms with Crippen LogP contribution in [0.15, 0.2) is 23.2 Å². The minimum atomic E-state index is -0.00973. The van der Waals surface area contributed by atoms with Crippen molar-refractivity contribution in [1.82, 2.24) is 15.3 Å². The van der Waals surface area contributed by atoms with Gasteiger partial charge >= 0.3 is 0 Å². The number of nitrogens with one attached hydrogen (secondary N) is 1. The number of carbonyl (C=O) groups is 1. The maximum Gasteiger partial charge on any atom is 0.230 e. The van der Waals surface area contributed by atoms with E-state index in [0.717, 1.165) is 33.1 Å². The minimum Gasteiger partial charge on any atom is -0.493 e. The number of fused-ring (bicyclic) bond motifs is 1. The number of hydrogen-bond donors (Lipinski definition) is 1. The van der Waals surface area contributed by atoms with Crippen molar-refractivity contribution < 1.29 is 14.3 Å². The van der Waals surface area contributed by atoms with E-state index in [1.165, 1.54) is 22.2 Å². The van der Waals surface area contributed by atoms with Gasteiger partial charge in [-0.1, -0.05) is 17.8 Å². The number of benzene rings is 1. The monoisotopic (exact) mass is 431 g/mol. The molecule has 3 rings (SSSR count). The van der Waals surface area contributed by atoms with Crippen molar-refractivity contribution in [1.29, 1.82) is 0 Å². The molecule has 1 aromatic carbocycles. The van der Waals surface area contributed by atoms with Gasteiger partial charge in [-0.2, -0.15) is 0 Å². The summed E-state index contributed by atoms with van der Waals surface area (Å²) in [6.07, 6.45) is 0.719. The quantitative estimate of drug-likeness (QED) is 0.428. The van der Waals surface area contributed by atoms with Crippen LogP contribution in [0.1, 0.15) is 21.8 Å². The molecule has 0 fully saturated rings. The lowest BCUT2D eigenvalue weighted by atomic mass is 10.1. The Bertz CT molecular complexity index is 1030. The van der Waals surface area contributed by atoms with Crippen LogP contribution >= 0.6 is 23.1 Å². The van der Waals surface area contributed by atoms with Crippen LogP contribution in [0.3, 0.4) is 0 Å². The molecule has 1 N–H and O–H groups in total. The zero-order valence-corrected chi connectivity index (χ0v) is 18.9. The topological polar surface area (TPSA) is 73.3 Å². The number of thiophene rings is 1. The molecule has 0 saturated carbocycles. The normalized spacial score (nSPS) is 10.9. The third-order valence-corrected chi connectivity index (χ3v) is 6.71. The van der Waals surface area contributed by atoms with Crippen molar-refractivity contribution in [3.05, 3.63) is 40.0 Å².